The summed E-state index contributed by atoms with van der Waals surface area (Å²) in [5.41, 5.74) is 1.10. The van der Waals surface area contributed by atoms with Crippen LogP contribution in [0.1, 0.15) is 30.2 Å². The number of amides is 1. The zero-order valence-corrected chi connectivity index (χ0v) is 11.3. The van der Waals surface area contributed by atoms with Crippen molar-refractivity contribution in [2.24, 2.45) is 0 Å². The van der Waals surface area contributed by atoms with Crippen molar-refractivity contribution < 1.29 is 14.7 Å². The van der Waals surface area contributed by atoms with Gasteiger partial charge in [-0.25, -0.2) is 4.79 Å². The van der Waals surface area contributed by atoms with E-state index in [0.717, 1.165) is 10.4 Å². The van der Waals surface area contributed by atoms with Crippen molar-refractivity contribution in [3.05, 3.63) is 28.0 Å². The highest BCUT2D eigenvalue weighted by atomic mass is 32.1. The molecule has 98 valence electrons. The highest BCUT2D eigenvalue weighted by Gasteiger charge is 2.17. The summed E-state index contributed by atoms with van der Waals surface area (Å²) >= 11 is 1.54. The molecule has 1 amide bonds. The van der Waals surface area contributed by atoms with Crippen molar-refractivity contribution in [2.75, 3.05) is 0 Å². The molecule has 0 fully saturated rings. The largest absolute Gasteiger partial charge is 0.480 e. The summed E-state index contributed by atoms with van der Waals surface area (Å²) in [6, 6.07) is 1.16. The van der Waals surface area contributed by atoms with Crippen molar-refractivity contribution in [1.29, 1.82) is 0 Å². The van der Waals surface area contributed by atoms with Crippen LogP contribution in [0.3, 0.4) is 0 Å². The Bertz CT molecular complexity index is 451. The first kappa shape index (κ1) is 14.4. The number of rotatable bonds is 6. The van der Waals surface area contributed by atoms with Gasteiger partial charge in [0, 0.05) is 11.0 Å². The Morgan fingerprint density at radius 1 is 1.56 bits per heavy atom. The molecule has 0 unspecified atom stereocenters. The van der Waals surface area contributed by atoms with Crippen LogP contribution in [-0.2, 0) is 9.59 Å². The molecule has 0 radical (unpaired) electrons. The van der Waals surface area contributed by atoms with Crippen LogP contribution in [0.15, 0.2) is 17.5 Å². The number of carbonyl (C=O) groups is 2. The number of aliphatic carboxylic acids is 1. The summed E-state index contributed by atoms with van der Waals surface area (Å²) in [6.45, 7) is 3.85. The number of thiophene rings is 1. The highest BCUT2D eigenvalue weighted by Crippen LogP contribution is 2.16. The van der Waals surface area contributed by atoms with E-state index in [1.165, 1.54) is 6.08 Å². The fraction of sp³-hybridized carbons (Fsp3) is 0.385. The topological polar surface area (TPSA) is 66.4 Å². The van der Waals surface area contributed by atoms with Gasteiger partial charge in [0.15, 0.2) is 0 Å². The number of carboxylic acids is 1. The second kappa shape index (κ2) is 6.96. The second-order valence-electron chi connectivity index (χ2n) is 3.99. The first-order chi connectivity index (χ1) is 8.54. The van der Waals surface area contributed by atoms with E-state index in [4.69, 9.17) is 5.11 Å². The lowest BCUT2D eigenvalue weighted by molar-refractivity contribution is -0.141. The normalized spacial score (nSPS) is 12.6. The molecule has 0 saturated carbocycles. The van der Waals surface area contributed by atoms with E-state index < -0.39 is 12.0 Å². The van der Waals surface area contributed by atoms with Crippen molar-refractivity contribution >= 4 is 29.3 Å². The van der Waals surface area contributed by atoms with Gasteiger partial charge in [0.2, 0.25) is 5.91 Å². The first-order valence-electron chi connectivity index (χ1n) is 5.80. The van der Waals surface area contributed by atoms with E-state index in [0.29, 0.717) is 12.8 Å². The average molecular weight is 267 g/mol. The Balaban J connectivity index is 2.58. The lowest BCUT2D eigenvalue weighted by Crippen LogP contribution is -2.39. The Morgan fingerprint density at radius 3 is 2.78 bits per heavy atom. The maximum absolute atomic E-state index is 11.6. The van der Waals surface area contributed by atoms with E-state index in [1.807, 2.05) is 25.3 Å². The average Bonchev–Trinajstić information content (AvgIpc) is 2.71. The summed E-state index contributed by atoms with van der Waals surface area (Å²) in [5.74, 6) is -1.37. The van der Waals surface area contributed by atoms with Gasteiger partial charge in [0.25, 0.3) is 0 Å². The molecule has 0 saturated heterocycles. The van der Waals surface area contributed by atoms with E-state index >= 15 is 0 Å². The number of nitrogens with one attached hydrogen (secondary N) is 1. The van der Waals surface area contributed by atoms with Gasteiger partial charge >= 0.3 is 5.97 Å². The van der Waals surface area contributed by atoms with Gasteiger partial charge in [-0.3, -0.25) is 4.79 Å². The molecular formula is C13H17NO3S. The Labute approximate surface area is 110 Å². The maximum atomic E-state index is 11.6. The molecule has 0 aliphatic heterocycles. The molecule has 0 bridgehead atoms. The highest BCUT2D eigenvalue weighted by molar-refractivity contribution is 7.11. The molecule has 1 rings (SSSR count). The molecule has 1 aromatic rings. The third-order valence-corrected chi connectivity index (χ3v) is 3.46. The zero-order chi connectivity index (χ0) is 13.5. The van der Waals surface area contributed by atoms with Gasteiger partial charge in [-0.05, 0) is 36.4 Å². The standard InChI is InChI=1S/C13H17NO3S/c1-3-4-10(13(16)17)14-12(15)6-5-11-9(2)7-8-18-11/h5-8,10H,3-4H2,1-2H3,(H,14,15)(H,16,17)/b6-5+/t10-/m1/s1. The minimum absolute atomic E-state index is 0.372. The predicted octanol–water partition coefficient (Wildman–Crippen LogP) is 2.44. The fourth-order valence-corrected chi connectivity index (χ4v) is 2.29. The molecule has 0 aliphatic carbocycles. The molecule has 1 aromatic heterocycles. The molecule has 18 heavy (non-hydrogen) atoms. The van der Waals surface area contributed by atoms with Gasteiger partial charge in [-0.2, -0.15) is 0 Å². The Morgan fingerprint density at radius 2 is 2.28 bits per heavy atom. The fourth-order valence-electron chi connectivity index (χ4n) is 1.47. The quantitative estimate of drug-likeness (QED) is 0.778. The lowest BCUT2D eigenvalue weighted by Gasteiger charge is -2.11. The summed E-state index contributed by atoms with van der Waals surface area (Å²) in [4.78, 5) is 23.5. The van der Waals surface area contributed by atoms with Gasteiger partial charge in [0.1, 0.15) is 6.04 Å². The summed E-state index contributed by atoms with van der Waals surface area (Å²) in [7, 11) is 0. The monoisotopic (exact) mass is 267 g/mol. The Hall–Kier alpha value is -1.62. The minimum atomic E-state index is -0.995. The zero-order valence-electron chi connectivity index (χ0n) is 10.5. The molecule has 2 N–H and O–H groups in total. The van der Waals surface area contributed by atoms with Crippen LogP contribution in [0.4, 0.5) is 0 Å². The van der Waals surface area contributed by atoms with E-state index in [-0.39, 0.29) is 5.91 Å². The number of aryl methyl sites for hydroxylation is 1. The predicted molar refractivity (Wildman–Crippen MR) is 72.6 cm³/mol. The molecular weight excluding hydrogens is 250 g/mol. The van der Waals surface area contributed by atoms with Gasteiger partial charge in [0.05, 0.1) is 0 Å². The van der Waals surface area contributed by atoms with Crippen LogP contribution in [0.2, 0.25) is 0 Å². The number of carbonyl (C=O) groups excluding carboxylic acids is 1. The molecule has 0 spiro atoms. The molecule has 1 heterocycles. The van der Waals surface area contributed by atoms with Crippen LogP contribution in [0, 0.1) is 6.92 Å². The molecule has 4 nitrogen and oxygen atoms in total. The third-order valence-electron chi connectivity index (χ3n) is 2.48. The second-order valence-corrected chi connectivity index (χ2v) is 4.94. The van der Waals surface area contributed by atoms with Crippen molar-refractivity contribution in [3.8, 4) is 0 Å². The molecule has 1 atom stereocenters. The van der Waals surface area contributed by atoms with Crippen molar-refractivity contribution in [3.63, 3.8) is 0 Å². The van der Waals surface area contributed by atoms with Gasteiger partial charge in [-0.15, -0.1) is 11.3 Å². The molecule has 5 heteroatoms. The van der Waals surface area contributed by atoms with E-state index in [9.17, 15) is 9.59 Å². The van der Waals surface area contributed by atoms with E-state index in [1.54, 1.807) is 17.4 Å². The minimum Gasteiger partial charge on any atom is -0.480 e. The summed E-state index contributed by atoms with van der Waals surface area (Å²) < 4.78 is 0. The van der Waals surface area contributed by atoms with Crippen LogP contribution in [-0.4, -0.2) is 23.0 Å². The van der Waals surface area contributed by atoms with Gasteiger partial charge in [-0.1, -0.05) is 13.3 Å². The van der Waals surface area contributed by atoms with Crippen LogP contribution in [0.25, 0.3) is 6.08 Å². The van der Waals surface area contributed by atoms with Crippen LogP contribution in [0.5, 0.6) is 0 Å². The summed E-state index contributed by atoms with van der Waals surface area (Å²) in [6.07, 6.45) is 4.24. The van der Waals surface area contributed by atoms with Crippen LogP contribution >= 0.6 is 11.3 Å². The molecule has 0 aliphatic rings. The SMILES string of the molecule is CCC[C@@H](NC(=O)/C=C/c1sccc1C)C(=O)O. The number of hydrogen-bond acceptors (Lipinski definition) is 3. The van der Waals surface area contributed by atoms with Crippen LogP contribution < -0.4 is 5.32 Å². The number of carboxylic acid groups (broad SMARTS) is 1. The smallest absolute Gasteiger partial charge is 0.326 e. The number of hydrogen-bond donors (Lipinski definition) is 2. The lowest BCUT2D eigenvalue weighted by atomic mass is 10.1. The first-order valence-corrected chi connectivity index (χ1v) is 6.68. The summed E-state index contributed by atoms with van der Waals surface area (Å²) in [5, 5.41) is 13.3. The Kier molecular flexibility index (Phi) is 5.58. The molecule has 0 aromatic carbocycles. The maximum Gasteiger partial charge on any atom is 0.326 e. The van der Waals surface area contributed by atoms with Crippen molar-refractivity contribution in [1.82, 2.24) is 5.32 Å². The third kappa shape index (κ3) is 4.33. The van der Waals surface area contributed by atoms with Crippen molar-refractivity contribution in [2.45, 2.75) is 32.7 Å². The van der Waals surface area contributed by atoms with E-state index in [2.05, 4.69) is 5.32 Å². The van der Waals surface area contributed by atoms with Gasteiger partial charge < -0.3 is 10.4 Å².